The summed E-state index contributed by atoms with van der Waals surface area (Å²) in [6.07, 6.45) is 0.765. The largest absolute Gasteiger partial charge is 0.383 e. The summed E-state index contributed by atoms with van der Waals surface area (Å²) in [4.78, 5) is 30.8. The molecule has 0 spiro atoms. The van der Waals surface area contributed by atoms with Gasteiger partial charge in [-0.05, 0) is 24.1 Å². The normalized spacial score (nSPS) is 26.1. The Balaban J connectivity index is 1.33. The zero-order chi connectivity index (χ0) is 21.1. The first-order valence-electron chi connectivity index (χ1n) is 10.5. The Kier molecular flexibility index (Phi) is 6.77. The Hall–Kier alpha value is -1.87. The first-order valence-corrected chi connectivity index (χ1v) is 10.9. The standard InChI is InChI=1S/C21H29ClN4O4/c1-29-13-18(15-2-4-16(22)5-3-15)24-8-10-25(11-9-24)21(28)26-7-6-19-17(12-26)23-20(27)14-30-19/h2-5,17-19H,6-14H2,1H3,(H,23,27)/t17-,18?,19+/m1/s1. The molecule has 0 aliphatic carbocycles. The number of urea groups is 1. The molecule has 4 rings (SSSR count). The van der Waals surface area contributed by atoms with Crippen LogP contribution < -0.4 is 5.32 Å². The summed E-state index contributed by atoms with van der Waals surface area (Å²) in [6, 6.07) is 7.94. The Morgan fingerprint density at radius 1 is 1.20 bits per heavy atom. The SMILES string of the molecule is COCC(c1ccc(Cl)cc1)N1CCN(C(=O)N2CC[C@@H]3OCC(=O)N[C@@H]3C2)CC1. The number of piperazine rings is 1. The van der Waals surface area contributed by atoms with Gasteiger partial charge in [-0.1, -0.05) is 23.7 Å². The fourth-order valence-corrected chi connectivity index (χ4v) is 4.68. The van der Waals surface area contributed by atoms with Crippen molar-refractivity contribution in [3.63, 3.8) is 0 Å². The molecule has 3 heterocycles. The van der Waals surface area contributed by atoms with Gasteiger partial charge in [-0.25, -0.2) is 4.79 Å². The molecular weight excluding hydrogens is 408 g/mol. The quantitative estimate of drug-likeness (QED) is 0.771. The number of halogens is 1. The van der Waals surface area contributed by atoms with Gasteiger partial charge in [0, 0.05) is 51.4 Å². The Bertz CT molecular complexity index is 754. The number of hydrogen-bond donors (Lipinski definition) is 1. The van der Waals surface area contributed by atoms with Crippen LogP contribution in [0.5, 0.6) is 0 Å². The molecule has 3 aliphatic heterocycles. The number of nitrogens with one attached hydrogen (secondary N) is 1. The number of ether oxygens (including phenoxy) is 2. The Morgan fingerprint density at radius 2 is 1.93 bits per heavy atom. The van der Waals surface area contributed by atoms with E-state index in [0.717, 1.165) is 25.1 Å². The molecule has 0 radical (unpaired) electrons. The van der Waals surface area contributed by atoms with Crippen molar-refractivity contribution in [2.24, 2.45) is 0 Å². The third kappa shape index (κ3) is 4.72. The molecule has 0 saturated carbocycles. The van der Waals surface area contributed by atoms with Crippen LogP contribution in [0.25, 0.3) is 0 Å². The minimum Gasteiger partial charge on any atom is -0.383 e. The molecule has 0 bridgehead atoms. The van der Waals surface area contributed by atoms with Crippen LogP contribution in [0.1, 0.15) is 18.0 Å². The van der Waals surface area contributed by atoms with Crippen molar-refractivity contribution in [1.82, 2.24) is 20.0 Å². The average Bonchev–Trinajstić information content (AvgIpc) is 2.77. The number of fused-ring (bicyclic) bond motifs is 1. The molecule has 9 heteroatoms. The van der Waals surface area contributed by atoms with Crippen LogP contribution in [-0.4, -0.2) is 98.4 Å². The fraction of sp³-hybridized carbons (Fsp3) is 0.619. The lowest BCUT2D eigenvalue weighted by Crippen LogP contribution is -2.63. The minimum absolute atomic E-state index is 0.0118. The summed E-state index contributed by atoms with van der Waals surface area (Å²) in [5.41, 5.74) is 1.16. The molecule has 3 aliphatic rings. The molecule has 1 aromatic carbocycles. The van der Waals surface area contributed by atoms with Crippen LogP contribution in [0.4, 0.5) is 4.79 Å². The third-order valence-corrected chi connectivity index (χ3v) is 6.45. The van der Waals surface area contributed by atoms with Crippen molar-refractivity contribution in [3.8, 4) is 0 Å². The highest BCUT2D eigenvalue weighted by Crippen LogP contribution is 2.25. The number of rotatable bonds is 4. The van der Waals surface area contributed by atoms with E-state index in [4.69, 9.17) is 21.1 Å². The molecule has 3 amide bonds. The lowest BCUT2D eigenvalue weighted by molar-refractivity contribution is -0.139. The van der Waals surface area contributed by atoms with E-state index in [1.807, 2.05) is 34.1 Å². The number of benzene rings is 1. The van der Waals surface area contributed by atoms with Crippen LogP contribution in [0.2, 0.25) is 5.02 Å². The minimum atomic E-state index is -0.110. The van der Waals surface area contributed by atoms with E-state index in [9.17, 15) is 9.59 Å². The van der Waals surface area contributed by atoms with Crippen LogP contribution >= 0.6 is 11.6 Å². The van der Waals surface area contributed by atoms with E-state index >= 15 is 0 Å². The highest BCUT2D eigenvalue weighted by molar-refractivity contribution is 6.30. The second-order valence-electron chi connectivity index (χ2n) is 8.09. The van der Waals surface area contributed by atoms with Crippen molar-refractivity contribution < 1.29 is 19.1 Å². The number of morpholine rings is 1. The molecule has 164 valence electrons. The number of carbonyl (C=O) groups is 2. The van der Waals surface area contributed by atoms with Gasteiger partial charge in [0.25, 0.3) is 0 Å². The lowest BCUT2D eigenvalue weighted by atomic mass is 10.0. The van der Waals surface area contributed by atoms with Gasteiger partial charge in [-0.3, -0.25) is 9.69 Å². The van der Waals surface area contributed by atoms with Gasteiger partial charge in [-0.2, -0.15) is 0 Å². The molecule has 8 nitrogen and oxygen atoms in total. The molecule has 30 heavy (non-hydrogen) atoms. The number of amides is 3. The van der Waals surface area contributed by atoms with Crippen LogP contribution in [0.15, 0.2) is 24.3 Å². The second kappa shape index (κ2) is 9.51. The lowest BCUT2D eigenvalue weighted by Gasteiger charge is -2.44. The number of hydrogen-bond acceptors (Lipinski definition) is 5. The molecule has 3 fully saturated rings. The summed E-state index contributed by atoms with van der Waals surface area (Å²) < 4.78 is 11.1. The highest BCUT2D eigenvalue weighted by Gasteiger charge is 2.38. The van der Waals surface area contributed by atoms with Crippen LogP contribution in [0.3, 0.4) is 0 Å². The molecule has 0 aromatic heterocycles. The summed E-state index contributed by atoms with van der Waals surface area (Å²) in [5.74, 6) is -0.106. The van der Waals surface area contributed by atoms with Crippen molar-refractivity contribution in [2.75, 3.05) is 59.6 Å². The van der Waals surface area contributed by atoms with Crippen LogP contribution in [-0.2, 0) is 14.3 Å². The first-order chi connectivity index (χ1) is 14.5. The van der Waals surface area contributed by atoms with Crippen molar-refractivity contribution in [3.05, 3.63) is 34.9 Å². The van der Waals surface area contributed by atoms with Gasteiger partial charge in [0.05, 0.1) is 24.8 Å². The highest BCUT2D eigenvalue weighted by atomic mass is 35.5. The molecular formula is C21H29ClN4O4. The van der Waals surface area contributed by atoms with Crippen molar-refractivity contribution in [2.45, 2.75) is 24.6 Å². The van der Waals surface area contributed by atoms with E-state index < -0.39 is 0 Å². The molecule has 1 aromatic rings. The van der Waals surface area contributed by atoms with Gasteiger partial charge in [0.1, 0.15) is 6.61 Å². The zero-order valence-electron chi connectivity index (χ0n) is 17.3. The molecule has 3 atom stereocenters. The van der Waals surface area contributed by atoms with Crippen LogP contribution in [0, 0.1) is 0 Å². The number of likely N-dealkylation sites (tertiary alicyclic amines) is 1. The smallest absolute Gasteiger partial charge is 0.320 e. The topological polar surface area (TPSA) is 74.3 Å². The van der Waals surface area contributed by atoms with Gasteiger partial charge >= 0.3 is 6.03 Å². The van der Waals surface area contributed by atoms with Crippen molar-refractivity contribution >= 4 is 23.5 Å². The maximum absolute atomic E-state index is 13.1. The predicted molar refractivity (Wildman–Crippen MR) is 112 cm³/mol. The molecule has 1 unspecified atom stereocenters. The monoisotopic (exact) mass is 436 g/mol. The van der Waals surface area contributed by atoms with Crippen molar-refractivity contribution in [1.29, 1.82) is 0 Å². The summed E-state index contributed by atoms with van der Waals surface area (Å²) in [6.45, 7) is 4.77. The van der Waals surface area contributed by atoms with E-state index in [-0.39, 0.29) is 36.7 Å². The number of carbonyl (C=O) groups excluding carboxylic acids is 2. The second-order valence-corrected chi connectivity index (χ2v) is 8.52. The van der Waals surface area contributed by atoms with Gasteiger partial charge in [-0.15, -0.1) is 0 Å². The summed E-state index contributed by atoms with van der Waals surface area (Å²) >= 11 is 6.03. The number of nitrogens with zero attached hydrogens (tertiary/aromatic N) is 3. The Labute approximate surface area is 182 Å². The van der Waals surface area contributed by atoms with Gasteiger partial charge in [0.2, 0.25) is 5.91 Å². The van der Waals surface area contributed by atoms with Gasteiger partial charge < -0.3 is 24.6 Å². The van der Waals surface area contributed by atoms with E-state index in [2.05, 4.69) is 10.2 Å². The average molecular weight is 437 g/mol. The summed E-state index contributed by atoms with van der Waals surface area (Å²) in [7, 11) is 1.71. The molecule has 1 N–H and O–H groups in total. The number of methoxy groups -OCH3 is 1. The molecule has 3 saturated heterocycles. The maximum atomic E-state index is 13.1. The van der Waals surface area contributed by atoms with Gasteiger partial charge in [0.15, 0.2) is 0 Å². The van der Waals surface area contributed by atoms with E-state index in [1.165, 1.54) is 0 Å². The van der Waals surface area contributed by atoms with E-state index in [0.29, 0.717) is 37.8 Å². The zero-order valence-corrected chi connectivity index (χ0v) is 18.0. The van der Waals surface area contributed by atoms with E-state index in [1.54, 1.807) is 7.11 Å². The fourth-order valence-electron chi connectivity index (χ4n) is 4.55. The predicted octanol–water partition coefficient (Wildman–Crippen LogP) is 1.35. The number of piperidine rings is 1. The summed E-state index contributed by atoms with van der Waals surface area (Å²) in [5, 5.41) is 3.67. The maximum Gasteiger partial charge on any atom is 0.320 e. The first kappa shape index (κ1) is 21.4. The Morgan fingerprint density at radius 3 is 2.63 bits per heavy atom. The third-order valence-electron chi connectivity index (χ3n) is 6.20.